The molecule has 3 heterocycles. The lowest BCUT2D eigenvalue weighted by molar-refractivity contribution is -0.147. The van der Waals surface area contributed by atoms with Gasteiger partial charge in [0.05, 0.1) is 18.0 Å². The third kappa shape index (κ3) is 6.14. The van der Waals surface area contributed by atoms with Crippen molar-refractivity contribution < 1.29 is 24.2 Å². The number of benzene rings is 2. The van der Waals surface area contributed by atoms with Crippen LogP contribution in [0.15, 0.2) is 48.5 Å². The lowest BCUT2D eigenvalue weighted by atomic mass is 9.96. The van der Waals surface area contributed by atoms with Crippen LogP contribution in [0.1, 0.15) is 48.2 Å². The zero-order chi connectivity index (χ0) is 28.3. The molecule has 4 N–H and O–H groups in total. The van der Waals surface area contributed by atoms with Gasteiger partial charge in [0.15, 0.2) is 6.10 Å². The van der Waals surface area contributed by atoms with Crippen molar-refractivity contribution in [2.24, 2.45) is 0 Å². The maximum atomic E-state index is 13.8. The van der Waals surface area contributed by atoms with E-state index < -0.39 is 28.8 Å². The highest BCUT2D eigenvalue weighted by molar-refractivity contribution is 8.00. The molecule has 0 bridgehead atoms. The van der Waals surface area contributed by atoms with Gasteiger partial charge in [-0.25, -0.2) is 0 Å². The first-order valence-corrected chi connectivity index (χ1v) is 15.0. The SMILES string of the molecule is CC1(C)SCN(C(=O)[C@@H](O)[C@H](Cc2ccccc2)NC(=O)c2cccc3c2CCN3)[C@@H]1C(=O)NC[C@H]1CCCO1. The van der Waals surface area contributed by atoms with E-state index in [0.717, 1.165) is 42.6 Å². The van der Waals surface area contributed by atoms with Gasteiger partial charge in [0.1, 0.15) is 6.04 Å². The average Bonchev–Trinajstić information content (AvgIpc) is 3.71. The molecule has 214 valence electrons. The Kier molecular flexibility index (Phi) is 8.68. The van der Waals surface area contributed by atoms with Crippen LogP contribution in [0, 0.1) is 0 Å². The minimum atomic E-state index is -1.54. The van der Waals surface area contributed by atoms with Gasteiger partial charge in [0.2, 0.25) is 5.91 Å². The number of carbonyl (C=O) groups is 3. The maximum absolute atomic E-state index is 13.8. The summed E-state index contributed by atoms with van der Waals surface area (Å²) in [5, 5.41) is 20.7. The molecule has 2 saturated heterocycles. The summed E-state index contributed by atoms with van der Waals surface area (Å²) >= 11 is 1.50. The van der Waals surface area contributed by atoms with E-state index in [0.29, 0.717) is 18.7 Å². The van der Waals surface area contributed by atoms with Crippen molar-refractivity contribution in [1.29, 1.82) is 0 Å². The average molecular weight is 567 g/mol. The zero-order valence-corrected chi connectivity index (χ0v) is 23.8. The summed E-state index contributed by atoms with van der Waals surface area (Å²) in [5.74, 6) is -0.904. The molecule has 9 nitrogen and oxygen atoms in total. The number of nitrogens with zero attached hydrogens (tertiary/aromatic N) is 1. The Labute approximate surface area is 239 Å². The highest BCUT2D eigenvalue weighted by Crippen LogP contribution is 2.40. The molecular weight excluding hydrogens is 528 g/mol. The van der Waals surface area contributed by atoms with Gasteiger partial charge >= 0.3 is 0 Å². The number of aliphatic hydroxyl groups is 1. The predicted octanol–water partition coefficient (Wildman–Crippen LogP) is 2.33. The van der Waals surface area contributed by atoms with E-state index in [2.05, 4.69) is 16.0 Å². The molecule has 2 fully saturated rings. The molecule has 0 saturated carbocycles. The summed E-state index contributed by atoms with van der Waals surface area (Å²) in [7, 11) is 0. The molecular formula is C30H38N4O5S. The molecule has 3 amide bonds. The van der Waals surface area contributed by atoms with Crippen molar-refractivity contribution in [2.45, 2.75) is 68.6 Å². The van der Waals surface area contributed by atoms with Crippen LogP contribution in [-0.2, 0) is 27.2 Å². The standard InChI is InChI=1S/C30H38N4O5S/c1-30(2)26(28(37)32-17-20-10-7-15-39-20)34(18-40-30)29(38)25(35)24(16-19-8-4-3-5-9-19)33-27(36)22-11-6-12-23-21(22)13-14-31-23/h3-6,8-9,11-12,20,24-26,31,35H,7,10,13-18H2,1-2H3,(H,32,37)(H,33,36)/t20-,24+,25+,26-/m1/s1. The first-order chi connectivity index (χ1) is 19.2. The number of rotatable bonds is 9. The second-order valence-corrected chi connectivity index (χ2v) is 12.8. The second-order valence-electron chi connectivity index (χ2n) is 11.2. The van der Waals surface area contributed by atoms with Gasteiger partial charge in [-0.05, 0) is 62.8 Å². The number of aliphatic hydroxyl groups excluding tert-OH is 1. The summed E-state index contributed by atoms with van der Waals surface area (Å²) in [6.07, 6.45) is 1.29. The van der Waals surface area contributed by atoms with Crippen molar-refractivity contribution >= 4 is 35.2 Å². The van der Waals surface area contributed by atoms with Crippen LogP contribution in [0.3, 0.4) is 0 Å². The van der Waals surface area contributed by atoms with E-state index in [1.165, 1.54) is 16.7 Å². The summed E-state index contributed by atoms with van der Waals surface area (Å²) in [5.41, 5.74) is 3.27. The lowest BCUT2D eigenvalue weighted by Gasteiger charge is -2.33. The fourth-order valence-electron chi connectivity index (χ4n) is 5.78. The van der Waals surface area contributed by atoms with Crippen LogP contribution < -0.4 is 16.0 Å². The monoisotopic (exact) mass is 566 g/mol. The quantitative estimate of drug-likeness (QED) is 0.368. The van der Waals surface area contributed by atoms with Crippen LogP contribution in [-0.4, -0.2) is 82.3 Å². The number of hydrogen-bond acceptors (Lipinski definition) is 7. The number of amides is 3. The zero-order valence-electron chi connectivity index (χ0n) is 23.0. The molecule has 4 atom stereocenters. The molecule has 2 aromatic rings. The summed E-state index contributed by atoms with van der Waals surface area (Å²) < 4.78 is 5.09. The van der Waals surface area contributed by atoms with Crippen molar-refractivity contribution in [1.82, 2.24) is 15.5 Å². The Bertz CT molecular complexity index is 1230. The largest absolute Gasteiger partial charge is 0.384 e. The fourth-order valence-corrected chi connectivity index (χ4v) is 6.92. The predicted molar refractivity (Wildman–Crippen MR) is 155 cm³/mol. The molecule has 0 aliphatic carbocycles. The number of anilines is 1. The third-order valence-corrected chi connectivity index (χ3v) is 9.34. The van der Waals surface area contributed by atoms with Gasteiger partial charge in [0.25, 0.3) is 11.8 Å². The van der Waals surface area contributed by atoms with E-state index in [4.69, 9.17) is 4.74 Å². The molecule has 3 aliphatic rings. The van der Waals surface area contributed by atoms with E-state index in [-0.39, 0.29) is 30.2 Å². The van der Waals surface area contributed by atoms with Crippen molar-refractivity contribution in [3.05, 3.63) is 65.2 Å². The van der Waals surface area contributed by atoms with Crippen molar-refractivity contribution in [3.63, 3.8) is 0 Å². The highest BCUT2D eigenvalue weighted by Gasteiger charge is 2.50. The first kappa shape index (κ1) is 28.4. The minimum absolute atomic E-state index is 0.0176. The van der Waals surface area contributed by atoms with Gasteiger partial charge in [-0.1, -0.05) is 36.4 Å². The summed E-state index contributed by atoms with van der Waals surface area (Å²) in [6, 6.07) is 13.3. The number of nitrogens with one attached hydrogen (secondary N) is 3. The number of thioether (sulfide) groups is 1. The fraction of sp³-hybridized carbons (Fsp3) is 0.500. The molecule has 3 aliphatic heterocycles. The molecule has 10 heteroatoms. The van der Waals surface area contributed by atoms with Crippen LogP contribution >= 0.6 is 11.8 Å². The van der Waals surface area contributed by atoms with Crippen LogP contribution in [0.25, 0.3) is 0 Å². The van der Waals surface area contributed by atoms with Gasteiger partial charge in [-0.3, -0.25) is 14.4 Å². The number of ether oxygens (including phenoxy) is 1. The smallest absolute Gasteiger partial charge is 0.254 e. The van der Waals surface area contributed by atoms with E-state index >= 15 is 0 Å². The molecule has 2 aromatic carbocycles. The lowest BCUT2D eigenvalue weighted by Crippen LogP contribution is -2.59. The molecule has 0 radical (unpaired) electrons. The summed E-state index contributed by atoms with van der Waals surface area (Å²) in [4.78, 5) is 42.1. The van der Waals surface area contributed by atoms with Gasteiger partial charge in [-0.15, -0.1) is 11.8 Å². The number of hydrogen-bond donors (Lipinski definition) is 4. The second kappa shape index (κ2) is 12.2. The molecule has 0 aromatic heterocycles. The van der Waals surface area contributed by atoms with E-state index in [1.807, 2.05) is 56.3 Å². The van der Waals surface area contributed by atoms with E-state index in [1.54, 1.807) is 6.07 Å². The topological polar surface area (TPSA) is 120 Å². The van der Waals surface area contributed by atoms with Crippen LogP contribution in [0.4, 0.5) is 5.69 Å². The number of carbonyl (C=O) groups excluding carboxylic acids is 3. The maximum Gasteiger partial charge on any atom is 0.254 e. The van der Waals surface area contributed by atoms with Gasteiger partial charge < -0.3 is 30.7 Å². The van der Waals surface area contributed by atoms with Crippen LogP contribution in [0.5, 0.6) is 0 Å². The third-order valence-electron chi connectivity index (χ3n) is 7.97. The van der Waals surface area contributed by atoms with Crippen LogP contribution in [0.2, 0.25) is 0 Å². The Hall–Kier alpha value is -3.08. The Morgan fingerprint density at radius 1 is 1.18 bits per heavy atom. The molecule has 0 spiro atoms. The van der Waals surface area contributed by atoms with Gasteiger partial charge in [-0.2, -0.15) is 0 Å². The number of fused-ring (bicyclic) bond motifs is 1. The molecule has 0 unspecified atom stereocenters. The van der Waals surface area contributed by atoms with E-state index in [9.17, 15) is 19.5 Å². The first-order valence-electron chi connectivity index (χ1n) is 14.0. The van der Waals surface area contributed by atoms with Crippen molar-refractivity contribution in [2.75, 3.05) is 30.9 Å². The molecule has 40 heavy (non-hydrogen) atoms. The Morgan fingerprint density at radius 3 is 2.73 bits per heavy atom. The summed E-state index contributed by atoms with van der Waals surface area (Å²) in [6.45, 7) is 5.71. The van der Waals surface area contributed by atoms with Gasteiger partial charge in [0, 0.05) is 35.7 Å². The van der Waals surface area contributed by atoms with Crippen molar-refractivity contribution in [3.8, 4) is 0 Å². The Balaban J connectivity index is 1.35. The highest BCUT2D eigenvalue weighted by atomic mass is 32.2. The Morgan fingerprint density at radius 2 is 1.98 bits per heavy atom. The molecule has 5 rings (SSSR count). The minimum Gasteiger partial charge on any atom is -0.384 e. The normalized spacial score (nSPS) is 22.7.